The number of hydrogen-bond donors (Lipinski definition) is 0. The maximum atomic E-state index is 2.81. The fourth-order valence-corrected chi connectivity index (χ4v) is 5.17. The van der Waals surface area contributed by atoms with Crippen molar-refractivity contribution in [2.45, 2.75) is 73.0 Å². The molecule has 0 aromatic heterocycles. The average molecular weight is 322 g/mol. The third-order valence-electron chi connectivity index (χ3n) is 6.42. The highest BCUT2D eigenvalue weighted by atomic mass is 15.3. The first-order valence-corrected chi connectivity index (χ1v) is 9.81. The molecule has 3 nitrogen and oxygen atoms in total. The molecule has 3 heterocycles. The number of piperidine rings is 1. The van der Waals surface area contributed by atoms with E-state index in [4.69, 9.17) is 0 Å². The van der Waals surface area contributed by atoms with E-state index in [1.54, 1.807) is 0 Å². The Morgan fingerprint density at radius 3 is 2.17 bits per heavy atom. The van der Waals surface area contributed by atoms with Crippen LogP contribution in [0.1, 0.15) is 54.9 Å². The van der Waals surface area contributed by atoms with E-state index < -0.39 is 0 Å². The maximum absolute atomic E-state index is 2.81. The molecule has 1 unspecified atom stereocenters. The predicted octanol–water partition coefficient (Wildman–Crippen LogP) is 3.16. The summed E-state index contributed by atoms with van der Waals surface area (Å²) in [6.07, 6.45) is 1.36. The summed E-state index contributed by atoms with van der Waals surface area (Å²) in [7, 11) is 0. The summed E-state index contributed by atoms with van der Waals surface area (Å²) in [6, 6.07) is 2.29. The van der Waals surface area contributed by atoms with Crippen molar-refractivity contribution in [3.05, 3.63) is 0 Å². The van der Waals surface area contributed by atoms with Crippen molar-refractivity contribution in [2.24, 2.45) is 16.7 Å². The monoisotopic (exact) mass is 321 g/mol. The number of nitrogens with zero attached hydrogens (tertiary/aromatic N) is 3. The molecule has 3 atom stereocenters. The van der Waals surface area contributed by atoms with Gasteiger partial charge in [-0.1, -0.05) is 27.7 Å². The van der Waals surface area contributed by atoms with Gasteiger partial charge in [-0.3, -0.25) is 14.7 Å². The molecule has 23 heavy (non-hydrogen) atoms. The van der Waals surface area contributed by atoms with Gasteiger partial charge < -0.3 is 0 Å². The van der Waals surface area contributed by atoms with Crippen molar-refractivity contribution < 1.29 is 0 Å². The van der Waals surface area contributed by atoms with Gasteiger partial charge in [0.15, 0.2) is 0 Å². The molecule has 3 rings (SSSR count). The number of likely N-dealkylation sites (tertiary alicyclic amines) is 3. The summed E-state index contributed by atoms with van der Waals surface area (Å²) in [4.78, 5) is 8.18. The van der Waals surface area contributed by atoms with Crippen molar-refractivity contribution in [1.82, 2.24) is 14.7 Å². The van der Waals surface area contributed by atoms with Crippen molar-refractivity contribution in [1.29, 1.82) is 0 Å². The Labute approximate surface area is 144 Å². The predicted molar refractivity (Wildman–Crippen MR) is 98.8 cm³/mol. The molecule has 0 aromatic carbocycles. The van der Waals surface area contributed by atoms with Gasteiger partial charge in [-0.05, 0) is 38.5 Å². The Bertz CT molecular complexity index is 411. The van der Waals surface area contributed by atoms with E-state index >= 15 is 0 Å². The van der Waals surface area contributed by atoms with E-state index in [2.05, 4.69) is 63.2 Å². The lowest BCUT2D eigenvalue weighted by Gasteiger charge is -2.64. The fourth-order valence-electron chi connectivity index (χ4n) is 5.17. The Hall–Kier alpha value is -0.120. The van der Waals surface area contributed by atoms with Gasteiger partial charge in [0.25, 0.3) is 0 Å². The molecule has 0 N–H and O–H groups in total. The summed E-state index contributed by atoms with van der Waals surface area (Å²) < 4.78 is 0. The fraction of sp³-hybridized carbons (Fsp3) is 1.00. The average Bonchev–Trinajstić information content (AvgIpc) is 2.29. The Balaban J connectivity index is 1.50. The number of rotatable bonds is 3. The molecule has 0 amide bonds. The second kappa shape index (κ2) is 6.00. The molecule has 0 radical (unpaired) electrons. The quantitative estimate of drug-likeness (QED) is 0.790. The summed E-state index contributed by atoms with van der Waals surface area (Å²) in [5, 5.41) is 0. The smallest absolute Gasteiger partial charge is 0.0212 e. The molecule has 134 valence electrons. The van der Waals surface area contributed by atoms with Gasteiger partial charge in [-0.2, -0.15) is 0 Å². The summed E-state index contributed by atoms with van der Waals surface area (Å²) in [5.41, 5.74) is 1.07. The van der Waals surface area contributed by atoms with Crippen molar-refractivity contribution in [3.8, 4) is 0 Å². The third kappa shape index (κ3) is 3.62. The van der Waals surface area contributed by atoms with Crippen molar-refractivity contribution >= 4 is 0 Å². The minimum atomic E-state index is 0.411. The molecule has 0 aliphatic carbocycles. The molecule has 0 aromatic rings. The first-order chi connectivity index (χ1) is 10.6. The molecule has 1 spiro atoms. The van der Waals surface area contributed by atoms with E-state index in [0.717, 1.165) is 24.0 Å². The lowest BCUT2D eigenvalue weighted by atomic mass is 9.70. The van der Waals surface area contributed by atoms with Crippen LogP contribution in [0.3, 0.4) is 0 Å². The van der Waals surface area contributed by atoms with Gasteiger partial charge in [0.1, 0.15) is 0 Å². The van der Waals surface area contributed by atoms with E-state index in [0.29, 0.717) is 10.8 Å². The van der Waals surface area contributed by atoms with E-state index in [-0.39, 0.29) is 0 Å². The third-order valence-corrected chi connectivity index (χ3v) is 6.42. The maximum Gasteiger partial charge on any atom is 0.0212 e. The zero-order chi connectivity index (χ0) is 17.0. The van der Waals surface area contributed by atoms with Crippen LogP contribution < -0.4 is 0 Å². The largest absolute Gasteiger partial charge is 0.300 e. The molecule has 3 aliphatic rings. The Morgan fingerprint density at radius 2 is 1.65 bits per heavy atom. The molecular weight excluding hydrogens is 282 g/mol. The normalized spacial score (nSPS) is 36.3. The highest BCUT2D eigenvalue weighted by Crippen LogP contribution is 2.44. The minimum absolute atomic E-state index is 0.411. The standard InChI is InChI=1S/C20H39N3/c1-15(2)22-11-20(12-22)13-23(14-20)18-8-17(4)21(9-16(18)3)10-19(5,6)7/h15-18H,8-14H2,1-7H3/t16-,17+,18?/m0/s1. The molecular formula is C20H39N3. The molecule has 0 saturated carbocycles. The zero-order valence-electron chi connectivity index (χ0n) is 16.6. The van der Waals surface area contributed by atoms with Gasteiger partial charge in [-0.25, -0.2) is 0 Å². The van der Waals surface area contributed by atoms with Gasteiger partial charge in [-0.15, -0.1) is 0 Å². The molecule has 3 aliphatic heterocycles. The lowest BCUT2D eigenvalue weighted by Crippen LogP contribution is -2.75. The molecule has 3 fully saturated rings. The second-order valence-electron chi connectivity index (χ2n) is 10.5. The van der Waals surface area contributed by atoms with Crippen LogP contribution in [-0.2, 0) is 0 Å². The van der Waals surface area contributed by atoms with Crippen molar-refractivity contribution in [3.63, 3.8) is 0 Å². The van der Waals surface area contributed by atoms with E-state index in [9.17, 15) is 0 Å². The molecule has 3 saturated heterocycles. The van der Waals surface area contributed by atoms with Crippen LogP contribution >= 0.6 is 0 Å². The topological polar surface area (TPSA) is 9.72 Å². The first-order valence-electron chi connectivity index (χ1n) is 9.81. The van der Waals surface area contributed by atoms with Gasteiger partial charge in [0.2, 0.25) is 0 Å². The SMILES string of the molecule is CC(C)N1CC2(C1)CN(C1C[C@@H](C)N(CC(C)(C)C)C[C@@H]1C)C2. The summed E-state index contributed by atoms with van der Waals surface area (Å²) in [6.45, 7) is 24.6. The Kier molecular flexibility index (Phi) is 4.61. The molecule has 3 heteroatoms. The van der Waals surface area contributed by atoms with Crippen LogP contribution in [0.25, 0.3) is 0 Å². The lowest BCUT2D eigenvalue weighted by molar-refractivity contribution is -0.155. The van der Waals surface area contributed by atoms with Crippen molar-refractivity contribution in [2.75, 3.05) is 39.3 Å². The van der Waals surface area contributed by atoms with Crippen LogP contribution in [0.15, 0.2) is 0 Å². The van der Waals surface area contributed by atoms with Crippen LogP contribution in [0.5, 0.6) is 0 Å². The van der Waals surface area contributed by atoms with Crippen LogP contribution in [0, 0.1) is 16.7 Å². The number of hydrogen-bond acceptors (Lipinski definition) is 3. The second-order valence-corrected chi connectivity index (χ2v) is 10.5. The zero-order valence-corrected chi connectivity index (χ0v) is 16.6. The van der Waals surface area contributed by atoms with Crippen LogP contribution in [0.4, 0.5) is 0 Å². The van der Waals surface area contributed by atoms with Gasteiger partial charge in [0, 0.05) is 62.8 Å². The van der Waals surface area contributed by atoms with E-state index in [1.807, 2.05) is 0 Å². The first kappa shape index (κ1) is 17.7. The molecule has 0 bridgehead atoms. The summed E-state index contributed by atoms with van der Waals surface area (Å²) >= 11 is 0. The van der Waals surface area contributed by atoms with Crippen LogP contribution in [0.2, 0.25) is 0 Å². The highest BCUT2D eigenvalue weighted by molar-refractivity contribution is 5.09. The van der Waals surface area contributed by atoms with Crippen LogP contribution in [-0.4, -0.2) is 72.1 Å². The Morgan fingerprint density at radius 1 is 1.04 bits per heavy atom. The summed E-state index contributed by atoms with van der Waals surface area (Å²) in [5.74, 6) is 0.812. The minimum Gasteiger partial charge on any atom is -0.300 e. The van der Waals surface area contributed by atoms with Gasteiger partial charge in [0.05, 0.1) is 0 Å². The highest BCUT2D eigenvalue weighted by Gasteiger charge is 2.54. The van der Waals surface area contributed by atoms with Gasteiger partial charge >= 0.3 is 0 Å². The van der Waals surface area contributed by atoms with E-state index in [1.165, 1.54) is 45.7 Å².